The second-order valence-electron chi connectivity index (χ2n) is 8.71. The minimum absolute atomic E-state index is 0.0333. The lowest BCUT2D eigenvalue weighted by molar-refractivity contribution is 0.122. The van der Waals surface area contributed by atoms with Gasteiger partial charge >= 0.3 is 6.09 Å². The van der Waals surface area contributed by atoms with E-state index >= 15 is 4.39 Å². The minimum atomic E-state index is -1.26. The zero-order valence-corrected chi connectivity index (χ0v) is 21.2. The lowest BCUT2D eigenvalue weighted by atomic mass is 10.00. The van der Waals surface area contributed by atoms with Crippen molar-refractivity contribution in [3.05, 3.63) is 65.4 Å². The molecule has 1 amide bonds. The van der Waals surface area contributed by atoms with Crippen LogP contribution in [-0.2, 0) is 4.74 Å². The van der Waals surface area contributed by atoms with Crippen LogP contribution in [0.2, 0.25) is 0 Å². The summed E-state index contributed by atoms with van der Waals surface area (Å²) in [7, 11) is 1.52. The summed E-state index contributed by atoms with van der Waals surface area (Å²) in [6.07, 6.45) is 0.139. The Kier molecular flexibility index (Phi) is 8.57. The number of halogens is 2. The van der Waals surface area contributed by atoms with Crippen molar-refractivity contribution in [3.8, 4) is 11.8 Å². The lowest BCUT2D eigenvalue weighted by Gasteiger charge is -2.28. The number of ether oxygens (including phenoxy) is 2. The molecule has 0 spiro atoms. The van der Waals surface area contributed by atoms with Gasteiger partial charge in [-0.3, -0.25) is 0 Å². The first kappa shape index (κ1) is 27.3. The van der Waals surface area contributed by atoms with Gasteiger partial charge in [-0.25, -0.2) is 23.5 Å². The van der Waals surface area contributed by atoms with Crippen molar-refractivity contribution < 1.29 is 28.2 Å². The zero-order valence-electron chi connectivity index (χ0n) is 21.2. The number of anilines is 4. The van der Waals surface area contributed by atoms with Crippen molar-refractivity contribution in [1.82, 2.24) is 15.3 Å². The van der Waals surface area contributed by atoms with Gasteiger partial charge in [0.2, 0.25) is 0 Å². The number of methoxy groups -OCH3 is 1. The standard InChI is InChI=1S/C26H27F2N7O4/c1-15(31-26(36)37)22(16-3-5-19(38-2)6-4-16)33-24-20(27)11-17(13-29)23(34-24)32-18-12-21(28)25(30-14-18)35-7-9-39-10-8-35/h3-6,11-12,14-15,22,31H,7-10H2,1-2H3,(H,36,37)(H2,32,33,34)/t15-,22+/m0/s1. The molecule has 1 aliphatic heterocycles. The third-order valence-corrected chi connectivity index (χ3v) is 6.11. The summed E-state index contributed by atoms with van der Waals surface area (Å²) in [5, 5.41) is 27.0. The quantitative estimate of drug-likeness (QED) is 0.315. The van der Waals surface area contributed by atoms with Crippen molar-refractivity contribution in [2.75, 3.05) is 48.9 Å². The molecular weight excluding hydrogens is 512 g/mol. The van der Waals surface area contributed by atoms with E-state index in [9.17, 15) is 19.6 Å². The highest BCUT2D eigenvalue weighted by atomic mass is 19.1. The van der Waals surface area contributed by atoms with Crippen LogP contribution in [0.3, 0.4) is 0 Å². The van der Waals surface area contributed by atoms with Crippen molar-refractivity contribution in [2.45, 2.75) is 19.0 Å². The van der Waals surface area contributed by atoms with E-state index in [0.717, 1.165) is 6.07 Å². The van der Waals surface area contributed by atoms with Gasteiger partial charge in [-0.1, -0.05) is 12.1 Å². The number of hydrogen-bond acceptors (Lipinski definition) is 9. The Labute approximate surface area is 223 Å². The summed E-state index contributed by atoms with van der Waals surface area (Å²) >= 11 is 0. The summed E-state index contributed by atoms with van der Waals surface area (Å²) in [6.45, 7) is 3.57. The molecule has 4 rings (SSSR count). The first-order valence-electron chi connectivity index (χ1n) is 12.0. The first-order chi connectivity index (χ1) is 18.8. The zero-order chi connectivity index (χ0) is 27.9. The van der Waals surface area contributed by atoms with Gasteiger partial charge in [0.15, 0.2) is 29.1 Å². The Balaban J connectivity index is 1.63. The van der Waals surface area contributed by atoms with Crippen LogP contribution in [0.1, 0.15) is 24.1 Å². The lowest BCUT2D eigenvalue weighted by Crippen LogP contribution is -2.39. The number of rotatable bonds is 9. The second-order valence-corrected chi connectivity index (χ2v) is 8.71. The van der Waals surface area contributed by atoms with Gasteiger partial charge in [0.05, 0.1) is 49.9 Å². The Hall–Kier alpha value is -4.70. The minimum Gasteiger partial charge on any atom is -0.497 e. The van der Waals surface area contributed by atoms with Crippen LogP contribution in [0.25, 0.3) is 0 Å². The normalized spacial score (nSPS) is 14.6. The topological polar surface area (TPSA) is 145 Å². The Morgan fingerprint density at radius 2 is 1.90 bits per heavy atom. The number of pyridine rings is 2. The van der Waals surface area contributed by atoms with Crippen molar-refractivity contribution in [1.29, 1.82) is 5.26 Å². The van der Waals surface area contributed by atoms with Gasteiger partial charge in [0.1, 0.15) is 11.8 Å². The summed E-state index contributed by atoms with van der Waals surface area (Å²) in [5.74, 6) is -0.907. The molecule has 0 unspecified atom stereocenters. The highest BCUT2D eigenvalue weighted by Gasteiger charge is 2.24. The van der Waals surface area contributed by atoms with Crippen LogP contribution in [0, 0.1) is 23.0 Å². The number of aromatic nitrogens is 2. The van der Waals surface area contributed by atoms with E-state index in [2.05, 4.69) is 25.9 Å². The molecule has 39 heavy (non-hydrogen) atoms. The van der Waals surface area contributed by atoms with Crippen LogP contribution in [-0.4, -0.2) is 60.6 Å². The fraction of sp³-hybridized carbons (Fsp3) is 0.308. The van der Waals surface area contributed by atoms with Gasteiger partial charge in [-0.05, 0) is 30.7 Å². The van der Waals surface area contributed by atoms with Gasteiger partial charge in [-0.15, -0.1) is 0 Å². The van der Waals surface area contributed by atoms with E-state index in [-0.39, 0.29) is 28.7 Å². The maximum atomic E-state index is 15.1. The molecule has 11 nitrogen and oxygen atoms in total. The molecule has 1 saturated heterocycles. The summed E-state index contributed by atoms with van der Waals surface area (Å²) in [6, 6.07) is 9.42. The number of amides is 1. The molecule has 0 radical (unpaired) electrons. The molecule has 0 aliphatic carbocycles. The third kappa shape index (κ3) is 6.60. The fourth-order valence-corrected chi connectivity index (χ4v) is 4.15. The van der Waals surface area contributed by atoms with Gasteiger partial charge in [-0.2, -0.15) is 5.26 Å². The molecule has 1 aliphatic rings. The molecule has 2 aromatic heterocycles. The molecular formula is C26H27F2N7O4. The van der Waals surface area contributed by atoms with E-state index in [1.165, 1.54) is 19.4 Å². The third-order valence-electron chi connectivity index (χ3n) is 6.11. The molecule has 2 atom stereocenters. The SMILES string of the molecule is COc1ccc([C@H](Nc2nc(Nc3cnc(N4CCOCC4)c(F)c3)c(C#N)cc2F)[C@H](C)NC(=O)O)cc1. The summed E-state index contributed by atoms with van der Waals surface area (Å²) < 4.78 is 40.4. The molecule has 0 saturated carbocycles. The number of nitrogens with zero attached hydrogens (tertiary/aromatic N) is 4. The number of benzene rings is 1. The number of morpholine rings is 1. The van der Waals surface area contributed by atoms with E-state index in [4.69, 9.17) is 9.47 Å². The van der Waals surface area contributed by atoms with Crippen LogP contribution < -0.4 is 25.6 Å². The van der Waals surface area contributed by atoms with Crippen molar-refractivity contribution in [3.63, 3.8) is 0 Å². The monoisotopic (exact) mass is 539 g/mol. The van der Waals surface area contributed by atoms with Crippen LogP contribution in [0.5, 0.6) is 5.75 Å². The summed E-state index contributed by atoms with van der Waals surface area (Å²) in [4.78, 5) is 21.5. The number of carboxylic acid groups (broad SMARTS) is 1. The highest BCUT2D eigenvalue weighted by Crippen LogP contribution is 2.29. The van der Waals surface area contributed by atoms with Gasteiger partial charge in [0.25, 0.3) is 0 Å². The molecule has 0 bridgehead atoms. The average Bonchev–Trinajstić information content (AvgIpc) is 2.93. The Morgan fingerprint density at radius 3 is 2.51 bits per heavy atom. The van der Waals surface area contributed by atoms with Crippen molar-refractivity contribution >= 4 is 29.2 Å². The van der Waals surface area contributed by atoms with E-state index in [0.29, 0.717) is 37.6 Å². The molecule has 1 aromatic carbocycles. The van der Waals surface area contributed by atoms with Crippen LogP contribution >= 0.6 is 0 Å². The Bertz CT molecular complexity index is 1360. The number of carbonyl (C=O) groups is 1. The number of nitriles is 1. The first-order valence-corrected chi connectivity index (χ1v) is 12.0. The predicted molar refractivity (Wildman–Crippen MR) is 139 cm³/mol. The van der Waals surface area contributed by atoms with E-state index in [1.54, 1.807) is 36.1 Å². The van der Waals surface area contributed by atoms with E-state index < -0.39 is 29.8 Å². The molecule has 3 aromatic rings. The smallest absolute Gasteiger partial charge is 0.404 e. The molecule has 4 N–H and O–H groups in total. The van der Waals surface area contributed by atoms with Crippen LogP contribution in [0.4, 0.5) is 36.7 Å². The molecule has 3 heterocycles. The number of nitrogens with one attached hydrogen (secondary N) is 3. The van der Waals surface area contributed by atoms with Gasteiger partial charge in [0, 0.05) is 19.2 Å². The molecule has 13 heteroatoms. The van der Waals surface area contributed by atoms with Crippen molar-refractivity contribution in [2.24, 2.45) is 0 Å². The predicted octanol–water partition coefficient (Wildman–Crippen LogP) is 4.02. The van der Waals surface area contributed by atoms with E-state index in [1.807, 2.05) is 6.07 Å². The molecule has 1 fully saturated rings. The highest BCUT2D eigenvalue weighted by molar-refractivity contribution is 5.67. The maximum absolute atomic E-state index is 15.1. The summed E-state index contributed by atoms with van der Waals surface area (Å²) in [5.41, 5.74) is 0.717. The molecule has 204 valence electrons. The number of hydrogen-bond donors (Lipinski definition) is 4. The van der Waals surface area contributed by atoms with Gasteiger partial charge < -0.3 is 35.4 Å². The fourth-order valence-electron chi connectivity index (χ4n) is 4.15. The van der Waals surface area contributed by atoms with Crippen LogP contribution in [0.15, 0.2) is 42.6 Å². The second kappa shape index (κ2) is 12.2. The Morgan fingerprint density at radius 1 is 1.18 bits per heavy atom. The average molecular weight is 540 g/mol. The largest absolute Gasteiger partial charge is 0.497 e. The maximum Gasteiger partial charge on any atom is 0.404 e.